The second-order valence-corrected chi connectivity index (χ2v) is 6.09. The number of aryl methyl sites for hydroxylation is 1. The molecule has 0 spiro atoms. The Morgan fingerprint density at radius 1 is 1.11 bits per heavy atom. The Kier molecular flexibility index (Phi) is 5.11. The zero-order valence-electron chi connectivity index (χ0n) is 11.4. The number of benzene rings is 1. The standard InChI is InChI=1S/C16H20FNS/c1-3-15-8-9-16(19-15)11-18-12(2)10-13-4-6-14(17)7-5-13/h4-9,12,18H,3,10-11H2,1-2H3. The Morgan fingerprint density at radius 2 is 1.79 bits per heavy atom. The quantitative estimate of drug-likeness (QED) is 0.835. The van der Waals surface area contributed by atoms with E-state index in [1.165, 1.54) is 27.5 Å². The minimum absolute atomic E-state index is 0.171. The molecule has 0 saturated heterocycles. The Labute approximate surface area is 118 Å². The van der Waals surface area contributed by atoms with E-state index in [1.54, 1.807) is 0 Å². The van der Waals surface area contributed by atoms with Gasteiger partial charge in [0.25, 0.3) is 0 Å². The summed E-state index contributed by atoms with van der Waals surface area (Å²) in [5.74, 6) is -0.171. The van der Waals surface area contributed by atoms with Gasteiger partial charge in [0.1, 0.15) is 5.82 Å². The first-order valence-corrected chi connectivity index (χ1v) is 7.54. The van der Waals surface area contributed by atoms with E-state index in [-0.39, 0.29) is 5.82 Å². The summed E-state index contributed by atoms with van der Waals surface area (Å²) in [6.45, 7) is 5.25. The molecule has 19 heavy (non-hydrogen) atoms. The average Bonchev–Trinajstić information content (AvgIpc) is 2.87. The highest BCUT2D eigenvalue weighted by atomic mass is 32.1. The molecule has 3 heteroatoms. The second-order valence-electron chi connectivity index (χ2n) is 4.83. The lowest BCUT2D eigenvalue weighted by atomic mass is 10.1. The molecule has 0 bridgehead atoms. The van der Waals surface area contributed by atoms with Crippen LogP contribution in [-0.4, -0.2) is 6.04 Å². The van der Waals surface area contributed by atoms with Crippen molar-refractivity contribution in [3.63, 3.8) is 0 Å². The molecule has 1 atom stereocenters. The van der Waals surface area contributed by atoms with Gasteiger partial charge in [0.15, 0.2) is 0 Å². The number of rotatable bonds is 6. The minimum atomic E-state index is -0.171. The fraction of sp³-hybridized carbons (Fsp3) is 0.375. The Hall–Kier alpha value is -1.19. The van der Waals surface area contributed by atoms with Crippen molar-refractivity contribution in [3.05, 3.63) is 57.5 Å². The molecule has 0 saturated carbocycles. The second kappa shape index (κ2) is 6.83. The summed E-state index contributed by atoms with van der Waals surface area (Å²) in [6, 6.07) is 11.5. The third-order valence-corrected chi connectivity index (χ3v) is 4.38. The lowest BCUT2D eigenvalue weighted by Gasteiger charge is -2.13. The molecule has 102 valence electrons. The van der Waals surface area contributed by atoms with Gasteiger partial charge in [-0.1, -0.05) is 19.1 Å². The van der Waals surface area contributed by atoms with Gasteiger partial charge in [0.05, 0.1) is 0 Å². The first kappa shape index (κ1) is 14.2. The highest BCUT2D eigenvalue weighted by Gasteiger charge is 2.05. The van der Waals surface area contributed by atoms with Crippen LogP contribution in [0.4, 0.5) is 4.39 Å². The molecule has 2 rings (SSSR count). The molecule has 1 heterocycles. The van der Waals surface area contributed by atoms with Crippen LogP contribution in [0.1, 0.15) is 29.2 Å². The molecule has 0 fully saturated rings. The maximum absolute atomic E-state index is 12.8. The fourth-order valence-corrected chi connectivity index (χ4v) is 2.94. The third-order valence-electron chi connectivity index (χ3n) is 3.15. The Morgan fingerprint density at radius 3 is 2.42 bits per heavy atom. The molecule has 0 radical (unpaired) electrons. The molecule has 2 aromatic rings. The molecule has 0 aliphatic carbocycles. The number of nitrogens with one attached hydrogen (secondary N) is 1. The van der Waals surface area contributed by atoms with Crippen LogP contribution in [0.25, 0.3) is 0 Å². The first-order valence-electron chi connectivity index (χ1n) is 6.72. The molecule has 1 nitrogen and oxygen atoms in total. The van der Waals surface area contributed by atoms with Gasteiger partial charge in [-0.25, -0.2) is 4.39 Å². The highest BCUT2D eigenvalue weighted by Crippen LogP contribution is 2.17. The van der Waals surface area contributed by atoms with Gasteiger partial charge in [-0.3, -0.25) is 0 Å². The van der Waals surface area contributed by atoms with Crippen molar-refractivity contribution in [3.8, 4) is 0 Å². The monoisotopic (exact) mass is 277 g/mol. The Bertz CT molecular complexity index is 504. The van der Waals surface area contributed by atoms with E-state index >= 15 is 0 Å². The average molecular weight is 277 g/mol. The van der Waals surface area contributed by atoms with Crippen molar-refractivity contribution in [2.24, 2.45) is 0 Å². The van der Waals surface area contributed by atoms with Gasteiger partial charge in [-0.2, -0.15) is 0 Å². The summed E-state index contributed by atoms with van der Waals surface area (Å²) < 4.78 is 12.8. The van der Waals surface area contributed by atoms with Crippen molar-refractivity contribution < 1.29 is 4.39 Å². The maximum Gasteiger partial charge on any atom is 0.123 e. The summed E-state index contributed by atoms with van der Waals surface area (Å²) >= 11 is 1.87. The van der Waals surface area contributed by atoms with E-state index in [0.29, 0.717) is 6.04 Å². The van der Waals surface area contributed by atoms with Gasteiger partial charge >= 0.3 is 0 Å². The lowest BCUT2D eigenvalue weighted by Crippen LogP contribution is -2.27. The molecule has 1 aromatic heterocycles. The Balaban J connectivity index is 1.81. The van der Waals surface area contributed by atoms with Gasteiger partial charge < -0.3 is 5.32 Å². The normalized spacial score (nSPS) is 12.6. The summed E-state index contributed by atoms with van der Waals surface area (Å²) in [7, 11) is 0. The molecule has 1 N–H and O–H groups in total. The number of hydrogen-bond donors (Lipinski definition) is 1. The summed E-state index contributed by atoms with van der Waals surface area (Å²) in [6.07, 6.45) is 2.03. The molecule has 0 aliphatic rings. The number of hydrogen-bond acceptors (Lipinski definition) is 2. The molecule has 0 amide bonds. The lowest BCUT2D eigenvalue weighted by molar-refractivity contribution is 0.548. The van der Waals surface area contributed by atoms with Crippen molar-refractivity contribution in [2.45, 2.75) is 39.3 Å². The highest BCUT2D eigenvalue weighted by molar-refractivity contribution is 7.11. The topological polar surface area (TPSA) is 12.0 Å². The van der Waals surface area contributed by atoms with Crippen LogP contribution < -0.4 is 5.32 Å². The van der Waals surface area contributed by atoms with Gasteiger partial charge in [-0.05, 0) is 49.6 Å². The van der Waals surface area contributed by atoms with Crippen molar-refractivity contribution in [2.75, 3.05) is 0 Å². The summed E-state index contributed by atoms with van der Waals surface area (Å²) in [5.41, 5.74) is 1.17. The largest absolute Gasteiger partial charge is 0.309 e. The molecule has 1 unspecified atom stereocenters. The van der Waals surface area contributed by atoms with Gasteiger partial charge in [-0.15, -0.1) is 11.3 Å². The summed E-state index contributed by atoms with van der Waals surface area (Å²) in [4.78, 5) is 2.81. The smallest absolute Gasteiger partial charge is 0.123 e. The van der Waals surface area contributed by atoms with Crippen LogP contribution in [0.5, 0.6) is 0 Å². The van der Waals surface area contributed by atoms with Crippen LogP contribution in [0.15, 0.2) is 36.4 Å². The van der Waals surface area contributed by atoms with E-state index in [9.17, 15) is 4.39 Å². The van der Waals surface area contributed by atoms with E-state index < -0.39 is 0 Å². The summed E-state index contributed by atoms with van der Waals surface area (Å²) in [5, 5.41) is 3.52. The van der Waals surface area contributed by atoms with Gasteiger partial charge in [0, 0.05) is 22.3 Å². The van der Waals surface area contributed by atoms with Crippen molar-refractivity contribution >= 4 is 11.3 Å². The predicted molar refractivity (Wildman–Crippen MR) is 80.1 cm³/mol. The fourth-order valence-electron chi connectivity index (χ4n) is 2.03. The molecular formula is C16H20FNS. The molecule has 0 aliphatic heterocycles. The molecular weight excluding hydrogens is 257 g/mol. The first-order chi connectivity index (χ1) is 9.17. The maximum atomic E-state index is 12.8. The van der Waals surface area contributed by atoms with Crippen LogP contribution in [0.3, 0.4) is 0 Å². The zero-order chi connectivity index (χ0) is 13.7. The van der Waals surface area contributed by atoms with E-state index in [1.807, 2.05) is 23.5 Å². The molecule has 1 aromatic carbocycles. The van der Waals surface area contributed by atoms with Crippen LogP contribution in [0, 0.1) is 5.82 Å². The van der Waals surface area contributed by atoms with Crippen molar-refractivity contribution in [1.82, 2.24) is 5.32 Å². The number of halogens is 1. The zero-order valence-corrected chi connectivity index (χ0v) is 12.3. The number of thiophene rings is 1. The van der Waals surface area contributed by atoms with Crippen molar-refractivity contribution in [1.29, 1.82) is 0 Å². The van der Waals surface area contributed by atoms with E-state index in [2.05, 4.69) is 31.3 Å². The van der Waals surface area contributed by atoms with E-state index in [4.69, 9.17) is 0 Å². The van der Waals surface area contributed by atoms with E-state index in [0.717, 1.165) is 19.4 Å². The minimum Gasteiger partial charge on any atom is -0.309 e. The van der Waals surface area contributed by atoms with Gasteiger partial charge in [0.2, 0.25) is 0 Å². The van der Waals surface area contributed by atoms with Crippen LogP contribution >= 0.6 is 11.3 Å². The third kappa shape index (κ3) is 4.44. The predicted octanol–water partition coefficient (Wildman–Crippen LogP) is 4.17. The SMILES string of the molecule is CCc1ccc(CNC(C)Cc2ccc(F)cc2)s1. The van der Waals surface area contributed by atoms with Crippen LogP contribution in [-0.2, 0) is 19.4 Å². The van der Waals surface area contributed by atoms with Crippen LogP contribution in [0.2, 0.25) is 0 Å².